The fraction of sp³-hybridized carbons (Fsp3) is 0.800. The molecule has 4 N–H and O–H groups in total. The van der Waals surface area contributed by atoms with Crippen LogP contribution in [-0.4, -0.2) is 38.0 Å². The molecule has 0 atom stereocenters. The van der Waals surface area contributed by atoms with Crippen molar-refractivity contribution in [3.63, 3.8) is 0 Å². The van der Waals surface area contributed by atoms with Gasteiger partial charge in [0.15, 0.2) is 5.96 Å². The molecule has 0 saturated heterocycles. The zero-order valence-corrected chi connectivity index (χ0v) is 7.16. The third-order valence-electron chi connectivity index (χ3n) is 0.884. The van der Waals surface area contributed by atoms with Crippen LogP contribution in [0.2, 0.25) is 0 Å². The third-order valence-corrected chi connectivity index (χ3v) is 0.884. The Balaban J connectivity index is 0. The quantitative estimate of drug-likeness (QED) is 0.381. The first kappa shape index (κ1) is 12.2. The molecule has 0 aromatic heterocycles. The van der Waals surface area contributed by atoms with Crippen molar-refractivity contribution in [2.75, 3.05) is 27.2 Å². The number of rotatable bonds is 2. The second-order valence-corrected chi connectivity index (χ2v) is 1.96. The van der Waals surface area contributed by atoms with Crippen molar-refractivity contribution in [1.29, 1.82) is 5.41 Å². The molecule has 0 rings (SSSR count). The molecule has 5 heteroatoms. The monoisotopic (exact) mass is 166 g/mol. The minimum absolute atomic E-state index is 0. The van der Waals surface area contributed by atoms with E-state index in [1.54, 1.807) is 4.90 Å². The summed E-state index contributed by atoms with van der Waals surface area (Å²) < 4.78 is 0. The summed E-state index contributed by atoms with van der Waals surface area (Å²) in [5.74, 6) is 0.403. The standard InChI is InChI=1S/C5H14N4.ClH/c1-9(2)5(7)8-4-3-6;/h3-4,6H2,1-2H3,(H2,7,8);1H. The summed E-state index contributed by atoms with van der Waals surface area (Å²) in [5, 5.41) is 10.0. The molecule has 0 radical (unpaired) electrons. The average molecular weight is 167 g/mol. The van der Waals surface area contributed by atoms with Gasteiger partial charge in [0.05, 0.1) is 0 Å². The maximum atomic E-state index is 7.21. The lowest BCUT2D eigenvalue weighted by Gasteiger charge is -2.13. The summed E-state index contributed by atoms with van der Waals surface area (Å²) in [6.07, 6.45) is 0. The van der Waals surface area contributed by atoms with Crippen molar-refractivity contribution in [2.24, 2.45) is 5.73 Å². The fourth-order valence-electron chi connectivity index (χ4n) is 0.349. The van der Waals surface area contributed by atoms with Crippen LogP contribution in [0.1, 0.15) is 0 Å². The van der Waals surface area contributed by atoms with E-state index in [1.807, 2.05) is 14.1 Å². The van der Waals surface area contributed by atoms with Crippen LogP contribution >= 0.6 is 12.4 Å². The van der Waals surface area contributed by atoms with E-state index in [9.17, 15) is 0 Å². The molecule has 0 unspecified atom stereocenters. The molecule has 0 aromatic carbocycles. The number of hydrogen-bond donors (Lipinski definition) is 3. The molecule has 0 heterocycles. The Labute approximate surface area is 67.7 Å². The lowest BCUT2D eigenvalue weighted by atomic mass is 10.6. The molecule has 0 bridgehead atoms. The van der Waals surface area contributed by atoms with Crippen LogP contribution in [0.5, 0.6) is 0 Å². The van der Waals surface area contributed by atoms with Crippen LogP contribution < -0.4 is 11.1 Å². The third kappa shape index (κ3) is 5.65. The number of nitrogens with zero attached hydrogens (tertiary/aromatic N) is 1. The van der Waals surface area contributed by atoms with Crippen LogP contribution in [0, 0.1) is 5.41 Å². The maximum Gasteiger partial charge on any atom is 0.190 e. The van der Waals surface area contributed by atoms with Crippen molar-refractivity contribution in [1.82, 2.24) is 10.2 Å². The number of halogens is 1. The van der Waals surface area contributed by atoms with Crippen LogP contribution in [0.4, 0.5) is 0 Å². The van der Waals surface area contributed by atoms with Crippen LogP contribution in [0.15, 0.2) is 0 Å². The molecule has 10 heavy (non-hydrogen) atoms. The summed E-state index contributed by atoms with van der Waals surface area (Å²) in [4.78, 5) is 1.69. The largest absolute Gasteiger partial charge is 0.355 e. The molecule has 0 aliphatic carbocycles. The molecular formula is C5H15ClN4. The van der Waals surface area contributed by atoms with Gasteiger partial charge in [0.2, 0.25) is 0 Å². The van der Waals surface area contributed by atoms with Crippen molar-refractivity contribution >= 4 is 18.4 Å². The van der Waals surface area contributed by atoms with E-state index < -0.39 is 0 Å². The van der Waals surface area contributed by atoms with Gasteiger partial charge in [0, 0.05) is 27.2 Å². The summed E-state index contributed by atoms with van der Waals surface area (Å²) in [7, 11) is 3.62. The molecule has 0 aliphatic rings. The first-order valence-corrected chi connectivity index (χ1v) is 2.88. The molecule has 0 amide bonds. The Hall–Kier alpha value is -0.480. The second kappa shape index (κ2) is 6.64. The first-order valence-electron chi connectivity index (χ1n) is 2.88. The highest BCUT2D eigenvalue weighted by Crippen LogP contribution is 1.70. The highest BCUT2D eigenvalue weighted by atomic mass is 35.5. The van der Waals surface area contributed by atoms with Gasteiger partial charge in [0.1, 0.15) is 0 Å². The number of nitrogens with one attached hydrogen (secondary N) is 2. The molecule has 4 nitrogen and oxygen atoms in total. The SMILES string of the molecule is CN(C)C(=N)NCCN.Cl. The molecule has 0 aromatic rings. The Kier molecular flexibility index (Phi) is 8.11. The van der Waals surface area contributed by atoms with E-state index in [2.05, 4.69) is 5.32 Å². The van der Waals surface area contributed by atoms with Gasteiger partial charge in [-0.2, -0.15) is 0 Å². The smallest absolute Gasteiger partial charge is 0.190 e. The summed E-state index contributed by atoms with van der Waals surface area (Å²) >= 11 is 0. The van der Waals surface area contributed by atoms with Gasteiger partial charge in [-0.15, -0.1) is 12.4 Å². The lowest BCUT2D eigenvalue weighted by Crippen LogP contribution is -2.37. The Morgan fingerprint density at radius 3 is 2.40 bits per heavy atom. The molecular weight excluding hydrogens is 152 g/mol. The fourth-order valence-corrected chi connectivity index (χ4v) is 0.349. The lowest BCUT2D eigenvalue weighted by molar-refractivity contribution is 0.580. The van der Waals surface area contributed by atoms with E-state index in [1.165, 1.54) is 0 Å². The van der Waals surface area contributed by atoms with Crippen molar-refractivity contribution in [3.05, 3.63) is 0 Å². The maximum absolute atomic E-state index is 7.21. The highest BCUT2D eigenvalue weighted by Gasteiger charge is 1.93. The van der Waals surface area contributed by atoms with Crippen LogP contribution in [0.25, 0.3) is 0 Å². The predicted molar refractivity (Wildman–Crippen MR) is 45.7 cm³/mol. The number of guanidine groups is 1. The van der Waals surface area contributed by atoms with Crippen LogP contribution in [0.3, 0.4) is 0 Å². The molecule has 0 aliphatic heterocycles. The average Bonchev–Trinajstić information content (AvgIpc) is 1.82. The van der Waals surface area contributed by atoms with Gasteiger partial charge in [-0.3, -0.25) is 5.41 Å². The van der Waals surface area contributed by atoms with Crippen molar-refractivity contribution in [2.45, 2.75) is 0 Å². The summed E-state index contributed by atoms with van der Waals surface area (Å²) in [5.41, 5.74) is 5.20. The van der Waals surface area contributed by atoms with Gasteiger partial charge < -0.3 is 16.0 Å². The van der Waals surface area contributed by atoms with Crippen LogP contribution in [-0.2, 0) is 0 Å². The van der Waals surface area contributed by atoms with Crippen molar-refractivity contribution < 1.29 is 0 Å². The van der Waals surface area contributed by atoms with Gasteiger partial charge in [-0.1, -0.05) is 0 Å². The predicted octanol–water partition coefficient (Wildman–Crippen LogP) is -0.547. The van der Waals surface area contributed by atoms with E-state index >= 15 is 0 Å². The van der Waals surface area contributed by atoms with Gasteiger partial charge in [-0.25, -0.2) is 0 Å². The topological polar surface area (TPSA) is 65.1 Å². The van der Waals surface area contributed by atoms with E-state index in [0.29, 0.717) is 19.0 Å². The van der Waals surface area contributed by atoms with Gasteiger partial charge in [-0.05, 0) is 0 Å². The Morgan fingerprint density at radius 1 is 1.60 bits per heavy atom. The molecule has 0 saturated carbocycles. The molecule has 0 fully saturated rings. The molecule has 62 valence electrons. The summed E-state index contributed by atoms with van der Waals surface area (Å²) in [6.45, 7) is 1.23. The highest BCUT2D eigenvalue weighted by molar-refractivity contribution is 5.85. The number of hydrogen-bond acceptors (Lipinski definition) is 2. The zero-order chi connectivity index (χ0) is 7.28. The molecule has 0 spiro atoms. The Morgan fingerprint density at radius 2 is 2.10 bits per heavy atom. The summed E-state index contributed by atoms with van der Waals surface area (Å²) in [6, 6.07) is 0. The van der Waals surface area contributed by atoms with E-state index in [-0.39, 0.29) is 12.4 Å². The minimum atomic E-state index is 0. The van der Waals surface area contributed by atoms with Crippen molar-refractivity contribution in [3.8, 4) is 0 Å². The first-order chi connectivity index (χ1) is 4.18. The normalized spacial score (nSPS) is 7.90. The second-order valence-electron chi connectivity index (χ2n) is 1.96. The van der Waals surface area contributed by atoms with Gasteiger partial charge >= 0.3 is 0 Å². The zero-order valence-electron chi connectivity index (χ0n) is 6.35. The Bertz CT molecular complexity index is 93.6. The number of nitrogens with two attached hydrogens (primary N) is 1. The minimum Gasteiger partial charge on any atom is -0.355 e. The van der Waals surface area contributed by atoms with E-state index in [0.717, 1.165) is 0 Å². The van der Waals surface area contributed by atoms with Gasteiger partial charge in [0.25, 0.3) is 0 Å². The van der Waals surface area contributed by atoms with E-state index in [4.69, 9.17) is 11.1 Å².